The second kappa shape index (κ2) is 8.03. The maximum Gasteiger partial charge on any atom is 0.234 e. The molecule has 0 aliphatic rings. The Balaban J connectivity index is 1.62. The lowest BCUT2D eigenvalue weighted by Gasteiger charge is -2.09. The van der Waals surface area contributed by atoms with Crippen LogP contribution < -0.4 is 5.32 Å². The van der Waals surface area contributed by atoms with Crippen LogP contribution >= 0.6 is 11.8 Å². The number of rotatable bonds is 6. The Morgan fingerprint density at radius 3 is 2.72 bits per heavy atom. The topological polar surface area (TPSA) is 46.9 Å². The summed E-state index contributed by atoms with van der Waals surface area (Å²) in [6.07, 6.45) is 4.66. The van der Waals surface area contributed by atoms with Gasteiger partial charge in [-0.05, 0) is 48.7 Å². The number of thioether (sulfide) groups is 1. The van der Waals surface area contributed by atoms with Crippen molar-refractivity contribution in [3.8, 4) is 5.69 Å². The van der Waals surface area contributed by atoms with Gasteiger partial charge in [0.25, 0.3) is 0 Å². The van der Waals surface area contributed by atoms with Gasteiger partial charge in [-0.1, -0.05) is 43.0 Å². The minimum Gasteiger partial charge on any atom is -0.325 e. The molecule has 0 aliphatic carbocycles. The van der Waals surface area contributed by atoms with E-state index in [1.54, 1.807) is 6.20 Å². The van der Waals surface area contributed by atoms with E-state index in [0.29, 0.717) is 5.75 Å². The zero-order valence-corrected chi connectivity index (χ0v) is 15.2. The molecule has 1 N–H and O–H groups in total. The molecule has 25 heavy (non-hydrogen) atoms. The molecule has 0 saturated carbocycles. The Morgan fingerprint density at radius 2 is 2.00 bits per heavy atom. The Morgan fingerprint density at radius 1 is 1.20 bits per heavy atom. The summed E-state index contributed by atoms with van der Waals surface area (Å²) in [5.41, 5.74) is 4.32. The normalized spacial score (nSPS) is 10.6. The molecule has 128 valence electrons. The molecule has 2 aromatic carbocycles. The van der Waals surface area contributed by atoms with Crippen LogP contribution in [-0.4, -0.2) is 21.2 Å². The quantitative estimate of drug-likeness (QED) is 0.666. The number of anilines is 1. The maximum absolute atomic E-state index is 12.2. The van der Waals surface area contributed by atoms with Crippen molar-refractivity contribution in [2.75, 3.05) is 11.1 Å². The molecule has 0 spiro atoms. The smallest absolute Gasteiger partial charge is 0.234 e. The van der Waals surface area contributed by atoms with Crippen molar-refractivity contribution in [2.24, 2.45) is 0 Å². The third kappa shape index (κ3) is 4.51. The highest BCUT2D eigenvalue weighted by atomic mass is 32.2. The molecule has 3 aromatic rings. The first kappa shape index (κ1) is 17.3. The Bertz CT molecular complexity index is 855. The number of nitrogens with zero attached hydrogens (tertiary/aromatic N) is 2. The minimum atomic E-state index is -0.0342. The number of benzene rings is 2. The minimum absolute atomic E-state index is 0.0342. The van der Waals surface area contributed by atoms with E-state index in [-0.39, 0.29) is 5.91 Å². The molecular weight excluding hydrogens is 330 g/mol. The van der Waals surface area contributed by atoms with Gasteiger partial charge in [-0.15, -0.1) is 0 Å². The van der Waals surface area contributed by atoms with E-state index >= 15 is 0 Å². The fraction of sp³-hybridized carbons (Fsp3) is 0.200. The number of carbonyl (C=O) groups is 1. The van der Waals surface area contributed by atoms with Crippen molar-refractivity contribution < 1.29 is 4.79 Å². The third-order valence-corrected chi connectivity index (χ3v) is 4.83. The summed E-state index contributed by atoms with van der Waals surface area (Å²) >= 11 is 1.43. The summed E-state index contributed by atoms with van der Waals surface area (Å²) in [6, 6.07) is 16.2. The molecule has 4 nitrogen and oxygen atoms in total. The molecule has 0 bridgehead atoms. The summed E-state index contributed by atoms with van der Waals surface area (Å²) in [7, 11) is 0. The number of aryl methyl sites for hydroxylation is 2. The largest absolute Gasteiger partial charge is 0.325 e. The van der Waals surface area contributed by atoms with E-state index in [4.69, 9.17) is 0 Å². The highest BCUT2D eigenvalue weighted by molar-refractivity contribution is 7.99. The van der Waals surface area contributed by atoms with E-state index < -0.39 is 0 Å². The van der Waals surface area contributed by atoms with Crippen LogP contribution in [0.2, 0.25) is 0 Å². The first-order valence-electron chi connectivity index (χ1n) is 8.27. The van der Waals surface area contributed by atoms with Crippen molar-refractivity contribution in [1.82, 2.24) is 9.55 Å². The number of nitrogens with one attached hydrogen (secondary N) is 1. The molecule has 1 aromatic heterocycles. The molecule has 0 unspecified atom stereocenters. The standard InChI is InChI=1S/C20H21N3OS/c1-3-16-7-9-17(10-8-16)22-19(24)14-25-20-21-11-12-23(20)18-6-4-5-15(2)13-18/h4-13H,3,14H2,1-2H3,(H,22,24). The van der Waals surface area contributed by atoms with Gasteiger partial charge in [-0.2, -0.15) is 0 Å². The Kier molecular flexibility index (Phi) is 5.56. The first-order chi connectivity index (χ1) is 12.2. The fourth-order valence-electron chi connectivity index (χ4n) is 2.52. The lowest BCUT2D eigenvalue weighted by Crippen LogP contribution is -2.14. The zero-order chi connectivity index (χ0) is 17.6. The number of hydrogen-bond donors (Lipinski definition) is 1. The molecule has 0 radical (unpaired) electrons. The van der Waals surface area contributed by atoms with Crippen molar-refractivity contribution in [3.05, 3.63) is 72.1 Å². The van der Waals surface area contributed by atoms with E-state index in [1.165, 1.54) is 22.9 Å². The van der Waals surface area contributed by atoms with E-state index in [0.717, 1.165) is 23.0 Å². The predicted octanol–water partition coefficient (Wildman–Crippen LogP) is 4.47. The Labute approximate surface area is 152 Å². The van der Waals surface area contributed by atoms with Gasteiger partial charge in [0, 0.05) is 23.8 Å². The molecule has 5 heteroatoms. The fourth-order valence-corrected chi connectivity index (χ4v) is 3.29. The molecular formula is C20H21N3OS. The van der Waals surface area contributed by atoms with Crippen LogP contribution in [0.1, 0.15) is 18.1 Å². The van der Waals surface area contributed by atoms with Gasteiger partial charge in [0.15, 0.2) is 5.16 Å². The molecule has 0 fully saturated rings. The van der Waals surface area contributed by atoms with Crippen LogP contribution in [0, 0.1) is 6.92 Å². The van der Waals surface area contributed by atoms with Crippen molar-refractivity contribution in [2.45, 2.75) is 25.4 Å². The zero-order valence-electron chi connectivity index (χ0n) is 14.4. The van der Waals surface area contributed by atoms with Crippen LogP contribution in [0.25, 0.3) is 5.69 Å². The monoisotopic (exact) mass is 351 g/mol. The van der Waals surface area contributed by atoms with Gasteiger partial charge in [0.2, 0.25) is 5.91 Å². The highest BCUT2D eigenvalue weighted by Crippen LogP contribution is 2.21. The molecule has 3 rings (SSSR count). The molecule has 1 heterocycles. The van der Waals surface area contributed by atoms with Gasteiger partial charge >= 0.3 is 0 Å². The maximum atomic E-state index is 12.2. The van der Waals surface area contributed by atoms with Crippen LogP contribution in [0.5, 0.6) is 0 Å². The van der Waals surface area contributed by atoms with Gasteiger partial charge in [0.1, 0.15) is 0 Å². The van der Waals surface area contributed by atoms with Crippen LogP contribution in [-0.2, 0) is 11.2 Å². The van der Waals surface area contributed by atoms with Crippen molar-refractivity contribution in [1.29, 1.82) is 0 Å². The summed E-state index contributed by atoms with van der Waals surface area (Å²) in [6.45, 7) is 4.17. The van der Waals surface area contributed by atoms with Crippen molar-refractivity contribution in [3.63, 3.8) is 0 Å². The second-order valence-corrected chi connectivity index (χ2v) is 6.75. The lowest BCUT2D eigenvalue weighted by atomic mass is 10.1. The number of hydrogen-bond acceptors (Lipinski definition) is 3. The molecule has 0 aliphatic heterocycles. The SMILES string of the molecule is CCc1ccc(NC(=O)CSc2nccn2-c2cccc(C)c2)cc1. The summed E-state index contributed by atoms with van der Waals surface area (Å²) < 4.78 is 2.00. The summed E-state index contributed by atoms with van der Waals surface area (Å²) in [5, 5.41) is 3.73. The molecule has 0 saturated heterocycles. The Hall–Kier alpha value is -2.53. The van der Waals surface area contributed by atoms with Crippen LogP contribution in [0.4, 0.5) is 5.69 Å². The van der Waals surface area contributed by atoms with Crippen molar-refractivity contribution >= 4 is 23.4 Å². The van der Waals surface area contributed by atoms with Gasteiger partial charge < -0.3 is 5.32 Å². The van der Waals surface area contributed by atoms with E-state index in [2.05, 4.69) is 36.3 Å². The number of amides is 1. The summed E-state index contributed by atoms with van der Waals surface area (Å²) in [4.78, 5) is 16.6. The second-order valence-electron chi connectivity index (χ2n) is 5.81. The average molecular weight is 351 g/mol. The average Bonchev–Trinajstić information content (AvgIpc) is 3.09. The summed E-state index contributed by atoms with van der Waals surface area (Å²) in [5.74, 6) is 0.284. The van der Waals surface area contributed by atoms with E-state index in [1.807, 2.05) is 47.2 Å². The lowest BCUT2D eigenvalue weighted by molar-refractivity contribution is -0.113. The number of imidazole rings is 1. The number of carbonyl (C=O) groups excluding carboxylic acids is 1. The van der Waals surface area contributed by atoms with Crippen LogP contribution in [0.15, 0.2) is 66.1 Å². The first-order valence-corrected chi connectivity index (χ1v) is 9.26. The van der Waals surface area contributed by atoms with Gasteiger partial charge in [0.05, 0.1) is 5.75 Å². The van der Waals surface area contributed by atoms with E-state index in [9.17, 15) is 4.79 Å². The van der Waals surface area contributed by atoms with Gasteiger partial charge in [-0.25, -0.2) is 4.98 Å². The third-order valence-electron chi connectivity index (χ3n) is 3.86. The predicted molar refractivity (Wildman–Crippen MR) is 103 cm³/mol. The van der Waals surface area contributed by atoms with Gasteiger partial charge in [-0.3, -0.25) is 9.36 Å². The molecule has 1 amide bonds. The van der Waals surface area contributed by atoms with Crippen LogP contribution in [0.3, 0.4) is 0 Å². The highest BCUT2D eigenvalue weighted by Gasteiger charge is 2.09. The number of aromatic nitrogens is 2. The molecule has 0 atom stereocenters.